The van der Waals surface area contributed by atoms with Gasteiger partial charge in [0, 0.05) is 6.20 Å². The summed E-state index contributed by atoms with van der Waals surface area (Å²) < 4.78 is 0. The van der Waals surface area contributed by atoms with Gasteiger partial charge in [-0.2, -0.15) is 0 Å². The standard InChI is InChI=1S/C8H6ClN5S/c9-8-12-3-5(10)7(14-8)15-6-1-2-11-4-13-6/h1-4H,10H2. The van der Waals surface area contributed by atoms with E-state index in [9.17, 15) is 0 Å². The number of nitrogen functional groups attached to an aromatic ring is 1. The molecule has 0 aliphatic carbocycles. The maximum atomic E-state index is 5.69. The highest BCUT2D eigenvalue weighted by Crippen LogP contribution is 2.28. The maximum Gasteiger partial charge on any atom is 0.223 e. The van der Waals surface area contributed by atoms with Crippen molar-refractivity contribution in [3.63, 3.8) is 0 Å². The van der Waals surface area contributed by atoms with E-state index < -0.39 is 0 Å². The van der Waals surface area contributed by atoms with Crippen molar-refractivity contribution >= 4 is 29.1 Å². The Labute approximate surface area is 95.1 Å². The minimum atomic E-state index is 0.167. The van der Waals surface area contributed by atoms with E-state index in [-0.39, 0.29) is 5.28 Å². The monoisotopic (exact) mass is 239 g/mol. The molecule has 2 aromatic rings. The zero-order valence-corrected chi connectivity index (χ0v) is 9.03. The molecule has 0 unspecified atom stereocenters. The fraction of sp³-hybridized carbons (Fsp3) is 0. The third-order valence-electron chi connectivity index (χ3n) is 1.51. The fourth-order valence-electron chi connectivity index (χ4n) is 0.875. The SMILES string of the molecule is Nc1cnc(Cl)nc1Sc1ccncn1. The van der Waals surface area contributed by atoms with Crippen LogP contribution in [0.5, 0.6) is 0 Å². The van der Waals surface area contributed by atoms with Crippen molar-refractivity contribution in [2.45, 2.75) is 10.1 Å². The van der Waals surface area contributed by atoms with Crippen molar-refractivity contribution in [3.8, 4) is 0 Å². The number of nitrogens with two attached hydrogens (primary N) is 1. The topological polar surface area (TPSA) is 77.6 Å². The van der Waals surface area contributed by atoms with Gasteiger partial charge in [0.25, 0.3) is 0 Å². The lowest BCUT2D eigenvalue weighted by atomic mass is 10.6. The second kappa shape index (κ2) is 4.41. The first-order valence-corrected chi connectivity index (χ1v) is 5.17. The molecule has 2 N–H and O–H groups in total. The summed E-state index contributed by atoms with van der Waals surface area (Å²) in [6.45, 7) is 0. The van der Waals surface area contributed by atoms with Crippen molar-refractivity contribution in [2.75, 3.05) is 5.73 Å². The van der Waals surface area contributed by atoms with Gasteiger partial charge >= 0.3 is 0 Å². The molecule has 2 heterocycles. The molecule has 0 bridgehead atoms. The molecular formula is C8H6ClN5S. The summed E-state index contributed by atoms with van der Waals surface area (Å²) in [6, 6.07) is 1.76. The highest BCUT2D eigenvalue weighted by Gasteiger charge is 2.05. The Hall–Kier alpha value is -1.40. The van der Waals surface area contributed by atoms with Crippen molar-refractivity contribution < 1.29 is 0 Å². The van der Waals surface area contributed by atoms with Crippen LogP contribution in [-0.2, 0) is 0 Å². The summed E-state index contributed by atoms with van der Waals surface area (Å²) in [5, 5.41) is 1.51. The normalized spacial score (nSPS) is 10.2. The van der Waals surface area contributed by atoms with Crippen LogP contribution >= 0.6 is 23.4 Å². The lowest BCUT2D eigenvalue weighted by molar-refractivity contribution is 1.02. The van der Waals surface area contributed by atoms with Gasteiger partial charge in [0.2, 0.25) is 5.28 Å². The molecule has 0 amide bonds. The average molecular weight is 240 g/mol. The number of rotatable bonds is 2. The van der Waals surface area contributed by atoms with Crippen molar-refractivity contribution in [3.05, 3.63) is 30.1 Å². The van der Waals surface area contributed by atoms with Crippen LogP contribution in [0.2, 0.25) is 5.28 Å². The molecule has 2 rings (SSSR count). The summed E-state index contributed by atoms with van der Waals surface area (Å²) >= 11 is 6.98. The number of anilines is 1. The molecule has 0 aromatic carbocycles. The Morgan fingerprint density at radius 1 is 1.33 bits per heavy atom. The summed E-state index contributed by atoms with van der Waals surface area (Å²) in [5.74, 6) is 0. The molecule has 0 atom stereocenters. The molecular weight excluding hydrogens is 234 g/mol. The summed E-state index contributed by atoms with van der Waals surface area (Å²) in [5.41, 5.74) is 6.16. The Kier molecular flexibility index (Phi) is 2.98. The van der Waals surface area contributed by atoms with E-state index in [4.69, 9.17) is 17.3 Å². The molecule has 0 saturated heterocycles. The van der Waals surface area contributed by atoms with Crippen LogP contribution in [0.15, 0.2) is 34.8 Å². The quantitative estimate of drug-likeness (QED) is 0.634. The average Bonchev–Trinajstić information content (AvgIpc) is 2.25. The number of halogens is 1. The smallest absolute Gasteiger partial charge is 0.223 e. The zero-order valence-electron chi connectivity index (χ0n) is 7.46. The summed E-state index contributed by atoms with van der Waals surface area (Å²) in [6.07, 6.45) is 4.58. The van der Waals surface area contributed by atoms with E-state index in [1.165, 1.54) is 24.3 Å². The lowest BCUT2D eigenvalue weighted by Gasteiger charge is -2.02. The van der Waals surface area contributed by atoms with Gasteiger partial charge in [-0.1, -0.05) is 0 Å². The van der Waals surface area contributed by atoms with Gasteiger partial charge in [-0.15, -0.1) is 0 Å². The highest BCUT2D eigenvalue weighted by atomic mass is 35.5. The van der Waals surface area contributed by atoms with Gasteiger partial charge in [0.05, 0.1) is 11.9 Å². The fourth-order valence-corrected chi connectivity index (χ4v) is 1.79. The van der Waals surface area contributed by atoms with E-state index in [1.807, 2.05) is 0 Å². The molecule has 0 aliphatic heterocycles. The maximum absolute atomic E-state index is 5.69. The van der Waals surface area contributed by atoms with E-state index in [0.29, 0.717) is 10.7 Å². The summed E-state index contributed by atoms with van der Waals surface area (Å²) in [4.78, 5) is 15.6. The molecule has 0 radical (unpaired) electrons. The van der Waals surface area contributed by atoms with Gasteiger partial charge < -0.3 is 5.73 Å². The Balaban J connectivity index is 2.28. The predicted octanol–water partition coefficient (Wildman–Crippen LogP) is 1.65. The first kappa shape index (κ1) is 10.1. The van der Waals surface area contributed by atoms with E-state index in [2.05, 4.69) is 19.9 Å². The number of nitrogens with zero attached hydrogens (tertiary/aromatic N) is 4. The molecule has 0 saturated carbocycles. The summed E-state index contributed by atoms with van der Waals surface area (Å²) in [7, 11) is 0. The van der Waals surface area contributed by atoms with E-state index >= 15 is 0 Å². The van der Waals surface area contributed by atoms with Crippen LogP contribution in [0.25, 0.3) is 0 Å². The van der Waals surface area contributed by atoms with Gasteiger partial charge in [0.1, 0.15) is 16.4 Å². The second-order valence-electron chi connectivity index (χ2n) is 2.55. The lowest BCUT2D eigenvalue weighted by Crippen LogP contribution is -1.94. The highest BCUT2D eigenvalue weighted by molar-refractivity contribution is 7.99. The van der Waals surface area contributed by atoms with Gasteiger partial charge in [-0.3, -0.25) is 0 Å². The largest absolute Gasteiger partial charge is 0.395 e. The minimum Gasteiger partial charge on any atom is -0.395 e. The molecule has 0 fully saturated rings. The Bertz CT molecular complexity index is 464. The third kappa shape index (κ3) is 2.54. The molecule has 76 valence electrons. The molecule has 0 aliphatic rings. The first-order chi connectivity index (χ1) is 7.25. The molecule has 7 heteroatoms. The van der Waals surface area contributed by atoms with E-state index in [0.717, 1.165) is 5.03 Å². The number of aromatic nitrogens is 4. The Morgan fingerprint density at radius 3 is 2.93 bits per heavy atom. The van der Waals surface area contributed by atoms with Crippen LogP contribution in [-0.4, -0.2) is 19.9 Å². The zero-order chi connectivity index (χ0) is 10.7. The van der Waals surface area contributed by atoms with Crippen molar-refractivity contribution in [1.82, 2.24) is 19.9 Å². The first-order valence-electron chi connectivity index (χ1n) is 3.97. The third-order valence-corrected chi connectivity index (χ3v) is 2.66. The molecule has 0 spiro atoms. The van der Waals surface area contributed by atoms with Crippen molar-refractivity contribution in [1.29, 1.82) is 0 Å². The number of hydrogen-bond donors (Lipinski definition) is 1. The van der Waals surface area contributed by atoms with Crippen LogP contribution in [0, 0.1) is 0 Å². The molecule has 2 aromatic heterocycles. The predicted molar refractivity (Wildman–Crippen MR) is 57.6 cm³/mol. The van der Waals surface area contributed by atoms with Crippen LogP contribution < -0.4 is 5.73 Å². The second-order valence-corrected chi connectivity index (χ2v) is 3.90. The number of hydrogen-bond acceptors (Lipinski definition) is 6. The van der Waals surface area contributed by atoms with Crippen molar-refractivity contribution in [2.24, 2.45) is 0 Å². The van der Waals surface area contributed by atoms with Gasteiger partial charge in [-0.05, 0) is 29.4 Å². The van der Waals surface area contributed by atoms with Crippen LogP contribution in [0.4, 0.5) is 5.69 Å². The molecule has 15 heavy (non-hydrogen) atoms. The molecule has 5 nitrogen and oxygen atoms in total. The van der Waals surface area contributed by atoms with Gasteiger partial charge in [0.15, 0.2) is 0 Å². The van der Waals surface area contributed by atoms with Crippen LogP contribution in [0.1, 0.15) is 0 Å². The minimum absolute atomic E-state index is 0.167. The van der Waals surface area contributed by atoms with Gasteiger partial charge in [-0.25, -0.2) is 19.9 Å². The van der Waals surface area contributed by atoms with E-state index in [1.54, 1.807) is 12.3 Å². The Morgan fingerprint density at radius 2 is 2.20 bits per heavy atom. The van der Waals surface area contributed by atoms with Crippen LogP contribution in [0.3, 0.4) is 0 Å².